The lowest BCUT2D eigenvalue weighted by atomic mass is 10.1. The summed E-state index contributed by atoms with van der Waals surface area (Å²) in [6.45, 7) is 6.50. The number of anilines is 2. The molecule has 0 amide bonds. The molecular formula is C23H23BrN4O. The molecule has 0 spiro atoms. The first kappa shape index (κ1) is 18.6. The second-order valence-corrected chi connectivity index (χ2v) is 8.60. The highest BCUT2D eigenvalue weighted by atomic mass is 79.9. The van der Waals surface area contributed by atoms with Crippen LogP contribution in [-0.4, -0.2) is 36.1 Å². The van der Waals surface area contributed by atoms with E-state index in [1.807, 2.05) is 18.3 Å². The van der Waals surface area contributed by atoms with Crippen LogP contribution in [0.25, 0.3) is 10.9 Å². The van der Waals surface area contributed by atoms with E-state index in [-0.39, 0.29) is 12.2 Å². The number of amidine groups is 1. The molecule has 3 heterocycles. The van der Waals surface area contributed by atoms with Gasteiger partial charge in [0, 0.05) is 28.3 Å². The van der Waals surface area contributed by atoms with Crippen LogP contribution in [0.5, 0.6) is 0 Å². The molecule has 0 radical (unpaired) electrons. The van der Waals surface area contributed by atoms with Crippen molar-refractivity contribution in [1.29, 1.82) is 0 Å². The van der Waals surface area contributed by atoms with Gasteiger partial charge in [0.1, 0.15) is 11.9 Å². The van der Waals surface area contributed by atoms with Crippen molar-refractivity contribution < 1.29 is 4.74 Å². The molecule has 0 unspecified atom stereocenters. The number of aliphatic imine (C=N–C) groups is 1. The molecule has 6 heteroatoms. The molecule has 5 nitrogen and oxygen atoms in total. The Kier molecular flexibility index (Phi) is 4.76. The highest BCUT2D eigenvalue weighted by Gasteiger charge is 2.31. The normalized spacial score (nSPS) is 21.5. The van der Waals surface area contributed by atoms with Crippen LogP contribution in [-0.2, 0) is 11.3 Å². The molecule has 0 saturated carbocycles. The number of ether oxygens (including phenoxy) is 1. The third-order valence-electron chi connectivity index (χ3n) is 5.63. The molecule has 2 aromatic carbocycles. The zero-order valence-electron chi connectivity index (χ0n) is 16.5. The van der Waals surface area contributed by atoms with Crippen molar-refractivity contribution in [2.24, 2.45) is 4.99 Å². The van der Waals surface area contributed by atoms with Crippen LogP contribution < -0.4 is 10.2 Å². The molecular weight excluding hydrogens is 428 g/mol. The molecule has 148 valence electrons. The Labute approximate surface area is 178 Å². The molecule has 2 aliphatic heterocycles. The summed E-state index contributed by atoms with van der Waals surface area (Å²) in [5, 5.41) is 4.70. The highest BCUT2D eigenvalue weighted by molar-refractivity contribution is 9.10. The summed E-state index contributed by atoms with van der Waals surface area (Å²) in [4.78, 5) is 11.8. The summed E-state index contributed by atoms with van der Waals surface area (Å²) in [6.07, 6.45) is 1.86. The van der Waals surface area contributed by atoms with Crippen molar-refractivity contribution in [3.63, 3.8) is 0 Å². The summed E-state index contributed by atoms with van der Waals surface area (Å²) in [6, 6.07) is 14.7. The Morgan fingerprint density at radius 2 is 2.03 bits per heavy atom. The number of fused-ring (bicyclic) bond motifs is 2. The minimum absolute atomic E-state index is 0.104. The van der Waals surface area contributed by atoms with Gasteiger partial charge in [-0.15, -0.1) is 0 Å². The average Bonchev–Trinajstić information content (AvgIpc) is 2.74. The van der Waals surface area contributed by atoms with Gasteiger partial charge in [0.05, 0.1) is 30.4 Å². The third kappa shape index (κ3) is 3.40. The maximum Gasteiger partial charge on any atom is 0.133 e. The first-order valence-electron chi connectivity index (χ1n) is 9.93. The van der Waals surface area contributed by atoms with Gasteiger partial charge < -0.3 is 15.0 Å². The molecule has 1 N–H and O–H groups in total. The van der Waals surface area contributed by atoms with Gasteiger partial charge in [-0.3, -0.25) is 9.98 Å². The fraction of sp³-hybridized carbons (Fsp3) is 0.304. The summed E-state index contributed by atoms with van der Waals surface area (Å²) in [7, 11) is 0. The highest BCUT2D eigenvalue weighted by Crippen LogP contribution is 2.33. The number of aromatic nitrogens is 1. The fourth-order valence-corrected chi connectivity index (χ4v) is 4.74. The third-order valence-corrected chi connectivity index (χ3v) is 6.29. The molecule has 5 rings (SSSR count). The van der Waals surface area contributed by atoms with Crippen molar-refractivity contribution in [2.75, 3.05) is 23.3 Å². The van der Waals surface area contributed by atoms with E-state index in [1.54, 1.807) is 0 Å². The van der Waals surface area contributed by atoms with Gasteiger partial charge in [-0.05, 0) is 65.2 Å². The molecule has 1 fully saturated rings. The van der Waals surface area contributed by atoms with Gasteiger partial charge in [0.15, 0.2) is 0 Å². The monoisotopic (exact) mass is 450 g/mol. The van der Waals surface area contributed by atoms with E-state index in [4.69, 9.17) is 9.73 Å². The van der Waals surface area contributed by atoms with Crippen molar-refractivity contribution in [1.82, 2.24) is 4.98 Å². The van der Waals surface area contributed by atoms with Crippen LogP contribution in [0, 0.1) is 6.92 Å². The zero-order valence-corrected chi connectivity index (χ0v) is 18.1. The number of aryl methyl sites for hydroxylation is 1. The zero-order chi connectivity index (χ0) is 20.0. The van der Waals surface area contributed by atoms with Crippen LogP contribution in [0.15, 0.2) is 58.1 Å². The number of morpholine rings is 1. The van der Waals surface area contributed by atoms with E-state index in [2.05, 4.69) is 75.3 Å². The molecule has 2 aliphatic rings. The predicted molar refractivity (Wildman–Crippen MR) is 122 cm³/mol. The molecule has 0 bridgehead atoms. The summed E-state index contributed by atoms with van der Waals surface area (Å²) < 4.78 is 7.36. The predicted octanol–water partition coefficient (Wildman–Crippen LogP) is 4.92. The summed E-state index contributed by atoms with van der Waals surface area (Å²) >= 11 is 3.65. The minimum Gasteiger partial charge on any atom is -0.365 e. The molecule has 3 aromatic rings. The molecule has 1 saturated heterocycles. The lowest BCUT2D eigenvalue weighted by Gasteiger charge is -2.39. The number of rotatable bonds is 2. The summed E-state index contributed by atoms with van der Waals surface area (Å²) in [5.74, 6) is 0.899. The van der Waals surface area contributed by atoms with Crippen molar-refractivity contribution in [3.05, 3.63) is 64.3 Å². The van der Waals surface area contributed by atoms with E-state index in [1.165, 1.54) is 22.2 Å². The Morgan fingerprint density at radius 1 is 1.14 bits per heavy atom. The fourth-order valence-electron chi connectivity index (χ4n) is 4.23. The number of nitrogens with one attached hydrogen (secondary N) is 1. The summed E-state index contributed by atoms with van der Waals surface area (Å²) in [5.41, 5.74) is 5.75. The number of nitrogens with zero attached hydrogens (tertiary/aromatic N) is 3. The van der Waals surface area contributed by atoms with Crippen molar-refractivity contribution in [3.8, 4) is 0 Å². The number of para-hydroxylation sites is 1. The SMILES string of the molecule is Cc1ccc(N2C[C@@H](C)O[C@@H](C3=NCc4cccc(Br)c4N3)C2)c2cccnc12. The molecule has 29 heavy (non-hydrogen) atoms. The largest absolute Gasteiger partial charge is 0.365 e. The smallest absolute Gasteiger partial charge is 0.133 e. The topological polar surface area (TPSA) is 49.8 Å². The van der Waals surface area contributed by atoms with Crippen LogP contribution in [0.2, 0.25) is 0 Å². The molecule has 1 aromatic heterocycles. The Morgan fingerprint density at radius 3 is 2.93 bits per heavy atom. The van der Waals surface area contributed by atoms with Crippen LogP contribution >= 0.6 is 15.9 Å². The minimum atomic E-state index is -0.105. The lowest BCUT2D eigenvalue weighted by molar-refractivity contribution is 0.0204. The number of benzene rings is 2. The van der Waals surface area contributed by atoms with Gasteiger partial charge >= 0.3 is 0 Å². The van der Waals surface area contributed by atoms with Gasteiger partial charge in [0.2, 0.25) is 0 Å². The van der Waals surface area contributed by atoms with E-state index in [9.17, 15) is 0 Å². The first-order chi connectivity index (χ1) is 14.1. The number of hydrogen-bond donors (Lipinski definition) is 1. The quantitative estimate of drug-likeness (QED) is 0.601. The van der Waals surface area contributed by atoms with Gasteiger partial charge in [0.25, 0.3) is 0 Å². The van der Waals surface area contributed by atoms with Crippen molar-refractivity contribution in [2.45, 2.75) is 32.6 Å². The standard InChI is InChI=1S/C23H23BrN4O/c1-14-8-9-19(17-6-4-10-25-21(14)17)28-12-15(2)29-20(13-28)23-26-11-16-5-3-7-18(24)22(16)27-23/h3-10,15,20H,11-13H2,1-2H3,(H,26,27)/t15-,20-/m1/s1. The second kappa shape index (κ2) is 7.43. The Bertz CT molecular complexity index is 1110. The van der Waals surface area contributed by atoms with Crippen molar-refractivity contribution >= 4 is 44.0 Å². The Balaban J connectivity index is 1.46. The lowest BCUT2D eigenvalue weighted by Crippen LogP contribution is -2.52. The van der Waals surface area contributed by atoms with Gasteiger partial charge in [-0.2, -0.15) is 0 Å². The number of pyridine rings is 1. The first-order valence-corrected chi connectivity index (χ1v) is 10.7. The van der Waals surface area contributed by atoms with Crippen LogP contribution in [0.3, 0.4) is 0 Å². The molecule has 0 aliphatic carbocycles. The molecule has 2 atom stereocenters. The van der Waals surface area contributed by atoms with Gasteiger partial charge in [-0.25, -0.2) is 0 Å². The Hall–Kier alpha value is -2.44. The van der Waals surface area contributed by atoms with Crippen LogP contribution in [0.1, 0.15) is 18.1 Å². The van der Waals surface area contributed by atoms with E-state index < -0.39 is 0 Å². The number of halogens is 1. The van der Waals surface area contributed by atoms with E-state index in [0.717, 1.165) is 34.6 Å². The maximum absolute atomic E-state index is 6.30. The van der Waals surface area contributed by atoms with Gasteiger partial charge in [-0.1, -0.05) is 18.2 Å². The number of hydrogen-bond acceptors (Lipinski definition) is 5. The van der Waals surface area contributed by atoms with Crippen LogP contribution in [0.4, 0.5) is 11.4 Å². The van der Waals surface area contributed by atoms with E-state index in [0.29, 0.717) is 6.54 Å². The maximum atomic E-state index is 6.30. The van der Waals surface area contributed by atoms with E-state index >= 15 is 0 Å². The second-order valence-electron chi connectivity index (χ2n) is 7.74. The average molecular weight is 451 g/mol.